The van der Waals surface area contributed by atoms with Crippen LogP contribution in [0.1, 0.15) is 46.8 Å². The third-order valence-electron chi connectivity index (χ3n) is 5.58. The number of fused-ring (bicyclic) bond motifs is 2. The maximum absolute atomic E-state index is 12.4. The normalized spacial score (nSPS) is 19.6. The van der Waals surface area contributed by atoms with Crippen molar-refractivity contribution in [3.8, 4) is 0 Å². The Bertz CT molecular complexity index is 1060. The van der Waals surface area contributed by atoms with E-state index < -0.39 is 0 Å². The van der Waals surface area contributed by atoms with Crippen molar-refractivity contribution in [1.29, 1.82) is 0 Å². The lowest BCUT2D eigenvalue weighted by Crippen LogP contribution is -2.09. The van der Waals surface area contributed by atoms with Crippen LogP contribution < -0.4 is 11.1 Å². The van der Waals surface area contributed by atoms with Crippen molar-refractivity contribution >= 4 is 28.9 Å². The predicted molar refractivity (Wildman–Crippen MR) is 109 cm³/mol. The molecule has 1 atom stereocenters. The second-order valence-electron chi connectivity index (χ2n) is 7.33. The average Bonchev–Trinajstić information content (AvgIpc) is 3.23. The fourth-order valence-corrected chi connectivity index (χ4v) is 4.31. The lowest BCUT2D eigenvalue weighted by Gasteiger charge is -2.22. The van der Waals surface area contributed by atoms with E-state index in [0.29, 0.717) is 17.2 Å². The molecule has 1 amide bonds. The number of nitrogen functional groups attached to an aromatic ring is 1. The first-order chi connectivity index (χ1) is 13.2. The van der Waals surface area contributed by atoms with Crippen molar-refractivity contribution in [2.45, 2.75) is 25.2 Å². The van der Waals surface area contributed by atoms with E-state index in [9.17, 15) is 4.79 Å². The Hall–Kier alpha value is -3.27. The molecule has 3 aromatic rings. The fraction of sp³-hybridized carbons (Fsp3) is 0.174. The summed E-state index contributed by atoms with van der Waals surface area (Å²) in [6.45, 7) is 0. The zero-order chi connectivity index (χ0) is 18.4. The van der Waals surface area contributed by atoms with Gasteiger partial charge in [-0.2, -0.15) is 0 Å². The third kappa shape index (κ3) is 2.74. The maximum Gasteiger partial charge on any atom is 0.256 e. The number of amides is 1. The standard InChI is InChI=1S/C23H21N3O/c24-15-9-10-22-18(11-15)20(23(27)26-22)13-16-12-19-17(7-4-8-21(19)25-16)14-5-2-1-3-6-14/h1-3,5-6,9-13,17,25H,4,7-8,24H2,(H,26,27). The van der Waals surface area contributed by atoms with Gasteiger partial charge in [-0.1, -0.05) is 30.3 Å². The Morgan fingerprint density at radius 3 is 2.78 bits per heavy atom. The van der Waals surface area contributed by atoms with E-state index in [1.165, 1.54) is 23.2 Å². The van der Waals surface area contributed by atoms with E-state index in [4.69, 9.17) is 5.73 Å². The molecular weight excluding hydrogens is 334 g/mol. The molecule has 134 valence electrons. The van der Waals surface area contributed by atoms with Crippen LogP contribution in [0.15, 0.2) is 54.6 Å². The van der Waals surface area contributed by atoms with Crippen molar-refractivity contribution in [2.24, 2.45) is 0 Å². The zero-order valence-electron chi connectivity index (χ0n) is 15.0. The molecule has 1 aliphatic carbocycles. The summed E-state index contributed by atoms with van der Waals surface area (Å²) < 4.78 is 0. The molecule has 0 fully saturated rings. The minimum atomic E-state index is -0.0808. The first-order valence-electron chi connectivity index (χ1n) is 9.39. The Morgan fingerprint density at radius 1 is 1.07 bits per heavy atom. The zero-order valence-corrected chi connectivity index (χ0v) is 15.0. The second kappa shape index (κ2) is 6.16. The van der Waals surface area contributed by atoms with E-state index in [1.807, 2.05) is 18.2 Å². The number of rotatable bonds is 2. The number of H-pyrrole nitrogens is 1. The minimum absolute atomic E-state index is 0.0808. The Morgan fingerprint density at radius 2 is 1.93 bits per heavy atom. The molecule has 0 radical (unpaired) electrons. The van der Waals surface area contributed by atoms with Crippen LogP contribution in [-0.4, -0.2) is 10.9 Å². The van der Waals surface area contributed by atoms with E-state index in [2.05, 4.69) is 46.7 Å². The minimum Gasteiger partial charge on any atom is -0.399 e. The van der Waals surface area contributed by atoms with Crippen LogP contribution in [0.5, 0.6) is 0 Å². The van der Waals surface area contributed by atoms with Crippen molar-refractivity contribution in [2.75, 3.05) is 11.1 Å². The molecular formula is C23H21N3O. The van der Waals surface area contributed by atoms with Gasteiger partial charge in [0, 0.05) is 34.2 Å². The molecule has 1 unspecified atom stereocenters. The summed E-state index contributed by atoms with van der Waals surface area (Å²) in [5.41, 5.74) is 13.9. The van der Waals surface area contributed by atoms with E-state index >= 15 is 0 Å². The molecule has 4 heteroatoms. The second-order valence-corrected chi connectivity index (χ2v) is 7.33. The van der Waals surface area contributed by atoms with Crippen molar-refractivity contribution in [3.05, 3.63) is 82.7 Å². The van der Waals surface area contributed by atoms with Gasteiger partial charge in [0.15, 0.2) is 0 Å². The van der Waals surface area contributed by atoms with E-state index in [0.717, 1.165) is 29.8 Å². The summed E-state index contributed by atoms with van der Waals surface area (Å²) in [5, 5.41) is 2.91. The van der Waals surface area contributed by atoms with Crippen molar-refractivity contribution < 1.29 is 4.79 Å². The highest BCUT2D eigenvalue weighted by Crippen LogP contribution is 2.39. The fourth-order valence-electron chi connectivity index (χ4n) is 4.31. The summed E-state index contributed by atoms with van der Waals surface area (Å²) in [7, 11) is 0. The predicted octanol–water partition coefficient (Wildman–Crippen LogP) is 4.56. The van der Waals surface area contributed by atoms with Gasteiger partial charge in [-0.15, -0.1) is 0 Å². The average molecular weight is 355 g/mol. The molecule has 0 saturated heterocycles. The molecule has 2 aromatic carbocycles. The SMILES string of the molecule is Nc1ccc2c(c1)C(=Cc1cc3c([nH]1)CCCC3c1ccccc1)C(=O)N2. The molecule has 0 spiro atoms. The smallest absolute Gasteiger partial charge is 0.256 e. The maximum atomic E-state index is 12.4. The lowest BCUT2D eigenvalue weighted by atomic mass is 9.82. The van der Waals surface area contributed by atoms with Crippen molar-refractivity contribution in [1.82, 2.24) is 4.98 Å². The Labute approximate surface area is 158 Å². The van der Waals surface area contributed by atoms with Gasteiger partial charge in [0.05, 0.1) is 5.57 Å². The molecule has 1 aromatic heterocycles. The first kappa shape index (κ1) is 15.9. The summed E-state index contributed by atoms with van der Waals surface area (Å²) in [5.74, 6) is 0.335. The van der Waals surface area contributed by atoms with Gasteiger partial charge in [-0.05, 0) is 60.7 Å². The van der Waals surface area contributed by atoms with Gasteiger partial charge in [0.2, 0.25) is 0 Å². The molecule has 2 heterocycles. The summed E-state index contributed by atoms with van der Waals surface area (Å²) in [4.78, 5) is 16.0. The number of nitrogens with one attached hydrogen (secondary N) is 2. The molecule has 4 nitrogen and oxygen atoms in total. The molecule has 5 rings (SSSR count). The molecule has 4 N–H and O–H groups in total. The number of carbonyl (C=O) groups is 1. The Kier molecular flexibility index (Phi) is 3.64. The number of carbonyl (C=O) groups excluding carboxylic acids is 1. The largest absolute Gasteiger partial charge is 0.399 e. The number of anilines is 2. The number of aromatic amines is 1. The topological polar surface area (TPSA) is 70.9 Å². The number of aromatic nitrogens is 1. The van der Waals surface area contributed by atoms with E-state index in [1.54, 1.807) is 6.07 Å². The van der Waals surface area contributed by atoms with Gasteiger partial charge in [0.25, 0.3) is 5.91 Å². The molecule has 0 saturated carbocycles. The molecule has 27 heavy (non-hydrogen) atoms. The third-order valence-corrected chi connectivity index (χ3v) is 5.58. The number of aryl methyl sites for hydroxylation is 1. The number of nitrogens with two attached hydrogens (primary N) is 1. The van der Waals surface area contributed by atoms with Gasteiger partial charge in [-0.3, -0.25) is 4.79 Å². The lowest BCUT2D eigenvalue weighted by molar-refractivity contribution is -0.110. The Balaban J connectivity index is 1.55. The highest BCUT2D eigenvalue weighted by Gasteiger charge is 2.26. The van der Waals surface area contributed by atoms with Crippen LogP contribution in [-0.2, 0) is 11.2 Å². The van der Waals surface area contributed by atoms with Gasteiger partial charge < -0.3 is 16.0 Å². The van der Waals surface area contributed by atoms with Gasteiger partial charge >= 0.3 is 0 Å². The summed E-state index contributed by atoms with van der Waals surface area (Å²) >= 11 is 0. The number of hydrogen-bond acceptors (Lipinski definition) is 2. The highest BCUT2D eigenvalue weighted by molar-refractivity contribution is 6.35. The van der Waals surface area contributed by atoms with Crippen LogP contribution in [0.25, 0.3) is 11.6 Å². The monoisotopic (exact) mass is 355 g/mol. The van der Waals surface area contributed by atoms with Crippen LogP contribution in [0.3, 0.4) is 0 Å². The van der Waals surface area contributed by atoms with Crippen LogP contribution in [0.2, 0.25) is 0 Å². The van der Waals surface area contributed by atoms with Crippen LogP contribution in [0.4, 0.5) is 11.4 Å². The first-order valence-corrected chi connectivity index (χ1v) is 9.39. The van der Waals surface area contributed by atoms with E-state index in [-0.39, 0.29) is 5.91 Å². The molecule has 1 aliphatic heterocycles. The van der Waals surface area contributed by atoms with Gasteiger partial charge in [-0.25, -0.2) is 0 Å². The number of benzene rings is 2. The summed E-state index contributed by atoms with van der Waals surface area (Å²) in [6.07, 6.45) is 5.33. The highest BCUT2D eigenvalue weighted by atomic mass is 16.2. The van der Waals surface area contributed by atoms with Crippen LogP contribution >= 0.6 is 0 Å². The van der Waals surface area contributed by atoms with Crippen molar-refractivity contribution in [3.63, 3.8) is 0 Å². The van der Waals surface area contributed by atoms with Crippen LogP contribution in [0, 0.1) is 0 Å². The molecule has 2 aliphatic rings. The summed E-state index contributed by atoms with van der Waals surface area (Å²) in [6, 6.07) is 18.4. The van der Waals surface area contributed by atoms with Gasteiger partial charge in [0.1, 0.15) is 0 Å². The molecule has 0 bridgehead atoms. The number of hydrogen-bond donors (Lipinski definition) is 3. The quantitative estimate of drug-likeness (QED) is 0.466.